The van der Waals surface area contributed by atoms with Gasteiger partial charge in [-0.05, 0) is 77.7 Å². The van der Waals surface area contributed by atoms with Gasteiger partial charge in [0.15, 0.2) is 0 Å². The summed E-state index contributed by atoms with van der Waals surface area (Å²) in [5.41, 5.74) is 5.47. The third kappa shape index (κ3) is 8.61. The number of hydrogen-bond donors (Lipinski definition) is 4. The lowest BCUT2D eigenvalue weighted by molar-refractivity contribution is -0.143. The predicted octanol–water partition coefficient (Wildman–Crippen LogP) is 3.92. The zero-order valence-electron chi connectivity index (χ0n) is 26.9. The maximum atomic E-state index is 14.3. The molecule has 4 atom stereocenters. The van der Waals surface area contributed by atoms with Gasteiger partial charge in [-0.25, -0.2) is 4.79 Å². The van der Waals surface area contributed by atoms with Crippen LogP contribution < -0.4 is 21.7 Å². The number of hydrogen-bond acceptors (Lipinski definition) is 6. The SMILES string of the molecule is CC(C)[C@@H]1C[C@@H](C(=O)NC(CC2CC2)C(=O)C(N)=O)N(C(=O)[C@@H](NC(=O)NC2(Cc3ccsc3)CCCCC2)C(C)(C)C)C1. The van der Waals surface area contributed by atoms with Crippen LogP contribution in [0.1, 0.15) is 98.0 Å². The number of likely N-dealkylation sites (tertiary alicyclic amines) is 1. The summed E-state index contributed by atoms with van der Waals surface area (Å²) in [6, 6.07) is -1.000. The number of ketones is 1. The summed E-state index contributed by atoms with van der Waals surface area (Å²) >= 11 is 1.64. The van der Waals surface area contributed by atoms with Gasteiger partial charge in [-0.15, -0.1) is 0 Å². The van der Waals surface area contributed by atoms with Crippen LogP contribution in [0.15, 0.2) is 16.8 Å². The second-order valence-corrected chi connectivity index (χ2v) is 15.5. The Hall–Kier alpha value is -2.95. The van der Waals surface area contributed by atoms with E-state index in [9.17, 15) is 24.0 Å². The minimum Gasteiger partial charge on any atom is -0.363 e. The topological polar surface area (TPSA) is 151 Å². The fourth-order valence-electron chi connectivity index (χ4n) is 6.78. The fourth-order valence-corrected chi connectivity index (χ4v) is 7.45. The molecule has 44 heavy (non-hydrogen) atoms. The van der Waals surface area contributed by atoms with Gasteiger partial charge in [-0.3, -0.25) is 19.2 Å². The molecule has 10 nitrogen and oxygen atoms in total. The van der Waals surface area contributed by atoms with Crippen LogP contribution in [0.2, 0.25) is 0 Å². The number of rotatable bonds is 12. The maximum Gasteiger partial charge on any atom is 0.315 e. The number of amides is 5. The Balaban J connectivity index is 1.52. The van der Waals surface area contributed by atoms with Crippen molar-refractivity contribution in [3.05, 3.63) is 22.4 Å². The molecular weight excluding hydrogens is 578 g/mol. The van der Waals surface area contributed by atoms with Crippen molar-refractivity contribution in [1.82, 2.24) is 20.9 Å². The van der Waals surface area contributed by atoms with E-state index in [1.54, 1.807) is 16.2 Å². The first-order valence-electron chi connectivity index (χ1n) is 16.2. The Labute approximate surface area is 265 Å². The molecule has 1 aromatic rings. The van der Waals surface area contributed by atoms with E-state index in [-0.39, 0.29) is 35.2 Å². The molecule has 1 aromatic heterocycles. The zero-order valence-corrected chi connectivity index (χ0v) is 27.8. The molecule has 1 saturated heterocycles. The van der Waals surface area contributed by atoms with Gasteiger partial charge < -0.3 is 26.6 Å². The first-order valence-corrected chi connectivity index (χ1v) is 17.2. The van der Waals surface area contributed by atoms with Crippen molar-refractivity contribution in [3.63, 3.8) is 0 Å². The van der Waals surface area contributed by atoms with E-state index in [2.05, 4.69) is 41.2 Å². The van der Waals surface area contributed by atoms with E-state index in [0.717, 1.165) is 51.4 Å². The lowest BCUT2D eigenvalue weighted by Crippen LogP contribution is -2.62. The molecule has 11 heteroatoms. The molecule has 2 saturated carbocycles. The highest BCUT2D eigenvalue weighted by molar-refractivity contribution is 7.07. The summed E-state index contributed by atoms with van der Waals surface area (Å²) in [5, 5.41) is 13.2. The van der Waals surface area contributed by atoms with Crippen molar-refractivity contribution in [1.29, 1.82) is 0 Å². The number of nitrogens with two attached hydrogens (primary N) is 1. The summed E-state index contributed by atoms with van der Waals surface area (Å²) < 4.78 is 0. The summed E-state index contributed by atoms with van der Waals surface area (Å²) in [4.78, 5) is 67.5. The lowest BCUT2D eigenvalue weighted by Gasteiger charge is -2.40. The molecule has 0 aromatic carbocycles. The minimum atomic E-state index is -1.08. The quantitative estimate of drug-likeness (QED) is 0.259. The molecule has 0 bridgehead atoms. The van der Waals surface area contributed by atoms with Gasteiger partial charge in [0.2, 0.25) is 17.6 Å². The van der Waals surface area contributed by atoms with Crippen molar-refractivity contribution in [3.8, 4) is 0 Å². The van der Waals surface area contributed by atoms with Gasteiger partial charge >= 0.3 is 6.03 Å². The molecule has 5 amide bonds. The number of thiophene rings is 1. The van der Waals surface area contributed by atoms with E-state index < -0.39 is 41.1 Å². The van der Waals surface area contributed by atoms with Crippen LogP contribution in [0.4, 0.5) is 4.79 Å². The Bertz CT molecular complexity index is 1200. The second kappa shape index (κ2) is 14.0. The van der Waals surface area contributed by atoms with Crippen molar-refractivity contribution in [2.45, 2.75) is 122 Å². The number of carbonyl (C=O) groups excluding carboxylic acids is 5. The van der Waals surface area contributed by atoms with Crippen LogP contribution in [0.5, 0.6) is 0 Å². The van der Waals surface area contributed by atoms with E-state index in [1.807, 2.05) is 26.2 Å². The number of nitrogens with zero attached hydrogens (tertiary/aromatic N) is 1. The first kappa shape index (κ1) is 33.9. The van der Waals surface area contributed by atoms with Crippen LogP contribution in [0.25, 0.3) is 0 Å². The fraction of sp³-hybridized carbons (Fsp3) is 0.727. The highest BCUT2D eigenvalue weighted by Crippen LogP contribution is 2.36. The van der Waals surface area contributed by atoms with Gasteiger partial charge in [0.05, 0.1) is 6.04 Å². The van der Waals surface area contributed by atoms with Crippen LogP contribution in [0.3, 0.4) is 0 Å². The van der Waals surface area contributed by atoms with E-state index in [1.165, 1.54) is 5.56 Å². The monoisotopic (exact) mass is 629 g/mol. The molecule has 0 radical (unpaired) electrons. The standard InChI is InChI=1S/C33H51N5O5S/c1-20(2)23-16-25(29(41)35-24(15-21-9-10-21)26(39)28(34)40)38(18-23)30(42)27(32(3,4)5)36-31(43)37-33(12-7-6-8-13-33)17-22-11-14-44-19-22/h11,14,19-21,23-25,27H,6-10,12-13,15-18H2,1-5H3,(H2,34,40)(H,35,41)(H2,36,37,43)/t23-,24?,25+,27-/m1/s1. The van der Waals surface area contributed by atoms with Crippen LogP contribution >= 0.6 is 11.3 Å². The molecule has 0 spiro atoms. The molecular formula is C33H51N5O5S. The van der Waals surface area contributed by atoms with E-state index in [0.29, 0.717) is 19.4 Å². The number of carbonyl (C=O) groups is 5. The Morgan fingerprint density at radius 3 is 2.30 bits per heavy atom. The predicted molar refractivity (Wildman–Crippen MR) is 171 cm³/mol. The lowest BCUT2D eigenvalue weighted by atomic mass is 9.78. The second-order valence-electron chi connectivity index (χ2n) is 14.8. The Morgan fingerprint density at radius 1 is 1.07 bits per heavy atom. The maximum absolute atomic E-state index is 14.3. The molecule has 2 aliphatic carbocycles. The van der Waals surface area contributed by atoms with Gasteiger partial charge in [-0.2, -0.15) is 11.3 Å². The Morgan fingerprint density at radius 2 is 1.75 bits per heavy atom. The summed E-state index contributed by atoms with van der Waals surface area (Å²) in [6.07, 6.45) is 8.38. The number of Topliss-reactive ketones (excluding diaryl/α,β-unsaturated/α-hetero) is 1. The van der Waals surface area contributed by atoms with Crippen LogP contribution in [-0.2, 0) is 25.6 Å². The molecule has 3 fully saturated rings. The molecule has 2 heterocycles. The molecule has 1 unspecified atom stereocenters. The van der Waals surface area contributed by atoms with Crippen molar-refractivity contribution in [2.75, 3.05) is 6.54 Å². The first-order chi connectivity index (χ1) is 20.7. The summed E-state index contributed by atoms with van der Waals surface area (Å²) in [5.74, 6) is -2.13. The highest BCUT2D eigenvalue weighted by Gasteiger charge is 2.47. The largest absolute Gasteiger partial charge is 0.363 e. The average Bonchev–Trinajstić information content (AvgIpc) is 3.40. The van der Waals surface area contributed by atoms with Crippen LogP contribution in [0, 0.1) is 23.2 Å². The third-order valence-electron chi connectivity index (χ3n) is 9.70. The van der Waals surface area contributed by atoms with Crippen molar-refractivity contribution < 1.29 is 24.0 Å². The zero-order chi connectivity index (χ0) is 32.2. The van der Waals surface area contributed by atoms with E-state index in [4.69, 9.17) is 5.73 Å². The van der Waals surface area contributed by atoms with Crippen LogP contribution in [-0.4, -0.2) is 64.6 Å². The number of primary amides is 1. The highest BCUT2D eigenvalue weighted by atomic mass is 32.1. The number of nitrogens with one attached hydrogen (secondary N) is 3. The summed E-state index contributed by atoms with van der Waals surface area (Å²) in [7, 11) is 0. The minimum absolute atomic E-state index is 0.0639. The Kier molecular flexibility index (Phi) is 10.8. The third-order valence-corrected chi connectivity index (χ3v) is 10.4. The average molecular weight is 630 g/mol. The van der Waals surface area contributed by atoms with Gasteiger partial charge in [0.25, 0.3) is 5.91 Å². The molecule has 1 aliphatic heterocycles. The molecule has 4 rings (SSSR count). The van der Waals surface area contributed by atoms with Crippen molar-refractivity contribution >= 4 is 40.9 Å². The normalized spacial score (nSPS) is 23.1. The van der Waals surface area contributed by atoms with Crippen molar-refractivity contribution in [2.24, 2.45) is 28.9 Å². The van der Waals surface area contributed by atoms with Gasteiger partial charge in [-0.1, -0.05) is 66.7 Å². The molecule has 244 valence electrons. The van der Waals surface area contributed by atoms with E-state index >= 15 is 0 Å². The summed E-state index contributed by atoms with van der Waals surface area (Å²) in [6.45, 7) is 10.2. The smallest absolute Gasteiger partial charge is 0.315 e. The molecule has 5 N–H and O–H groups in total. The van der Waals surface area contributed by atoms with Gasteiger partial charge in [0.1, 0.15) is 12.1 Å². The number of urea groups is 1. The van der Waals surface area contributed by atoms with Gasteiger partial charge in [0, 0.05) is 12.1 Å². The molecule has 3 aliphatic rings.